The topological polar surface area (TPSA) is 156 Å². The van der Waals surface area contributed by atoms with Crippen LogP contribution in [0.2, 0.25) is 0 Å². The molecule has 12 heteroatoms. The molecule has 0 aromatic heterocycles. The van der Waals surface area contributed by atoms with Crippen LogP contribution in [0.1, 0.15) is 0 Å². The smallest absolute Gasteiger partial charge is 0.268 e. The van der Waals surface area contributed by atoms with Crippen LogP contribution in [0.4, 0.5) is 0 Å². The zero-order chi connectivity index (χ0) is 15.6. The first-order chi connectivity index (χ1) is 8.98. The Labute approximate surface area is 117 Å². The van der Waals surface area contributed by atoms with Crippen LogP contribution < -0.4 is 0 Å². The van der Waals surface area contributed by atoms with E-state index in [1.165, 1.54) is 9.80 Å². The third-order valence-corrected chi connectivity index (χ3v) is 4.35. The summed E-state index contributed by atoms with van der Waals surface area (Å²) in [7, 11) is -8.59. The highest BCUT2D eigenvalue weighted by Gasteiger charge is 2.29. The van der Waals surface area contributed by atoms with Crippen molar-refractivity contribution >= 4 is 20.2 Å². The van der Waals surface area contributed by atoms with E-state index in [-0.39, 0.29) is 26.2 Å². The summed E-state index contributed by atoms with van der Waals surface area (Å²) in [6.45, 7) is 0.719. The lowest BCUT2D eigenvalue weighted by molar-refractivity contribution is -0.0548. The van der Waals surface area contributed by atoms with E-state index in [9.17, 15) is 27.0 Å². The first-order valence-corrected chi connectivity index (χ1v) is 8.94. The van der Waals surface area contributed by atoms with Crippen molar-refractivity contribution in [2.24, 2.45) is 0 Å². The standard InChI is InChI=1S/C8H18N2O8S2/c11-7(5-19(13,14)15)9-1-2-10(4-3-9)8(12)6-20(16,17)18/h7-8,11-12H,1-6H2,(H,13,14,15)(H,16,17,18). The van der Waals surface area contributed by atoms with Gasteiger partial charge in [0.25, 0.3) is 20.2 Å². The molecule has 120 valence electrons. The Morgan fingerprint density at radius 1 is 0.750 bits per heavy atom. The number of aliphatic hydroxyl groups excluding tert-OH is 2. The first kappa shape index (κ1) is 17.7. The molecule has 0 bridgehead atoms. The van der Waals surface area contributed by atoms with Crippen LogP contribution in [0.5, 0.6) is 0 Å². The molecule has 4 N–H and O–H groups in total. The SMILES string of the molecule is O=S(=O)(O)CC(O)N1CCN(C(O)CS(=O)(=O)O)CC1. The van der Waals surface area contributed by atoms with Gasteiger partial charge in [-0.2, -0.15) is 16.8 Å². The molecule has 20 heavy (non-hydrogen) atoms. The molecule has 0 saturated carbocycles. The van der Waals surface area contributed by atoms with Gasteiger partial charge in [-0.05, 0) is 0 Å². The van der Waals surface area contributed by atoms with Crippen LogP contribution in [0.3, 0.4) is 0 Å². The Balaban J connectivity index is 2.47. The van der Waals surface area contributed by atoms with E-state index in [4.69, 9.17) is 9.11 Å². The monoisotopic (exact) mass is 334 g/mol. The van der Waals surface area contributed by atoms with Gasteiger partial charge in [0.1, 0.15) is 24.0 Å². The summed E-state index contributed by atoms with van der Waals surface area (Å²) < 4.78 is 59.8. The maximum absolute atomic E-state index is 10.6. The van der Waals surface area contributed by atoms with Crippen molar-refractivity contribution in [3.63, 3.8) is 0 Å². The number of aliphatic hydroxyl groups is 2. The maximum atomic E-state index is 10.6. The largest absolute Gasteiger partial charge is 0.377 e. The number of hydrogen-bond acceptors (Lipinski definition) is 8. The van der Waals surface area contributed by atoms with Crippen molar-refractivity contribution < 1.29 is 36.2 Å². The van der Waals surface area contributed by atoms with Crippen LogP contribution in [-0.2, 0) is 20.2 Å². The fourth-order valence-electron chi connectivity index (χ4n) is 1.92. The van der Waals surface area contributed by atoms with Crippen molar-refractivity contribution in [3.05, 3.63) is 0 Å². The summed E-state index contributed by atoms with van der Waals surface area (Å²) in [4.78, 5) is 2.76. The Morgan fingerprint density at radius 2 is 1.00 bits per heavy atom. The van der Waals surface area contributed by atoms with Gasteiger partial charge in [-0.3, -0.25) is 18.9 Å². The summed E-state index contributed by atoms with van der Waals surface area (Å²) >= 11 is 0. The van der Waals surface area contributed by atoms with Crippen molar-refractivity contribution in [2.45, 2.75) is 12.5 Å². The fraction of sp³-hybridized carbons (Fsp3) is 1.00. The molecule has 0 aromatic rings. The van der Waals surface area contributed by atoms with Crippen molar-refractivity contribution in [3.8, 4) is 0 Å². The average Bonchev–Trinajstić information content (AvgIpc) is 2.24. The molecule has 1 fully saturated rings. The number of nitrogens with zero attached hydrogens (tertiary/aromatic N) is 2. The average molecular weight is 334 g/mol. The molecule has 1 saturated heterocycles. The van der Waals surface area contributed by atoms with E-state index in [0.717, 1.165) is 0 Å². The number of hydrogen-bond donors (Lipinski definition) is 4. The molecule has 0 spiro atoms. The Kier molecular flexibility index (Phi) is 5.86. The second-order valence-electron chi connectivity index (χ2n) is 4.53. The first-order valence-electron chi connectivity index (χ1n) is 5.72. The lowest BCUT2D eigenvalue weighted by Gasteiger charge is -2.38. The molecule has 0 amide bonds. The van der Waals surface area contributed by atoms with E-state index in [2.05, 4.69) is 0 Å². The molecule has 0 aromatic carbocycles. The van der Waals surface area contributed by atoms with Crippen molar-refractivity contribution in [1.82, 2.24) is 9.80 Å². The van der Waals surface area contributed by atoms with Crippen LogP contribution in [0, 0.1) is 0 Å². The molecule has 0 radical (unpaired) electrons. The summed E-state index contributed by atoms with van der Waals surface area (Å²) in [6, 6.07) is 0. The zero-order valence-corrected chi connectivity index (χ0v) is 12.2. The van der Waals surface area contributed by atoms with Gasteiger partial charge in [-0.25, -0.2) is 0 Å². The second kappa shape index (κ2) is 6.62. The summed E-state index contributed by atoms with van der Waals surface area (Å²) in [6.07, 6.45) is -2.74. The molecule has 10 nitrogen and oxygen atoms in total. The highest BCUT2D eigenvalue weighted by molar-refractivity contribution is 7.86. The van der Waals surface area contributed by atoms with Gasteiger partial charge in [0.05, 0.1) is 0 Å². The third kappa shape index (κ3) is 6.41. The minimum atomic E-state index is -4.29. The van der Waals surface area contributed by atoms with Gasteiger partial charge in [-0.1, -0.05) is 0 Å². The Hall–Kier alpha value is -0.340. The quantitative estimate of drug-likeness (QED) is 0.369. The summed E-state index contributed by atoms with van der Waals surface area (Å²) in [5.41, 5.74) is 0. The lowest BCUT2D eigenvalue weighted by Crippen LogP contribution is -2.55. The van der Waals surface area contributed by atoms with Gasteiger partial charge in [0, 0.05) is 26.2 Å². The highest BCUT2D eigenvalue weighted by atomic mass is 32.2. The van der Waals surface area contributed by atoms with Crippen LogP contribution in [0.15, 0.2) is 0 Å². The predicted molar refractivity (Wildman–Crippen MR) is 68.0 cm³/mol. The molecule has 1 rings (SSSR count). The van der Waals surface area contributed by atoms with E-state index < -0.39 is 44.2 Å². The maximum Gasteiger partial charge on any atom is 0.268 e. The van der Waals surface area contributed by atoms with Gasteiger partial charge in [-0.15, -0.1) is 0 Å². The molecule has 1 aliphatic rings. The predicted octanol–water partition coefficient (Wildman–Crippen LogP) is -2.98. The second-order valence-corrected chi connectivity index (χ2v) is 7.52. The highest BCUT2D eigenvalue weighted by Crippen LogP contribution is 2.09. The van der Waals surface area contributed by atoms with Gasteiger partial charge >= 0.3 is 0 Å². The van der Waals surface area contributed by atoms with E-state index in [1.807, 2.05) is 0 Å². The zero-order valence-electron chi connectivity index (χ0n) is 10.5. The molecule has 0 aliphatic carbocycles. The van der Waals surface area contributed by atoms with Gasteiger partial charge in [0.2, 0.25) is 0 Å². The Bertz CT molecular complexity index is 463. The number of rotatable bonds is 6. The van der Waals surface area contributed by atoms with Crippen LogP contribution >= 0.6 is 0 Å². The third-order valence-electron chi connectivity index (χ3n) is 2.91. The minimum Gasteiger partial charge on any atom is -0.377 e. The molecule has 1 aliphatic heterocycles. The fourth-order valence-corrected chi connectivity index (χ4v) is 3.10. The molecular formula is C8H18N2O8S2. The van der Waals surface area contributed by atoms with E-state index >= 15 is 0 Å². The summed E-state index contributed by atoms with van der Waals surface area (Å²) in [5.74, 6) is -1.64. The minimum absolute atomic E-state index is 0.180. The van der Waals surface area contributed by atoms with Crippen molar-refractivity contribution in [2.75, 3.05) is 37.7 Å². The van der Waals surface area contributed by atoms with Crippen molar-refractivity contribution in [1.29, 1.82) is 0 Å². The van der Waals surface area contributed by atoms with Gasteiger partial charge in [0.15, 0.2) is 0 Å². The Morgan fingerprint density at radius 3 is 1.20 bits per heavy atom. The van der Waals surface area contributed by atoms with E-state index in [1.54, 1.807) is 0 Å². The lowest BCUT2D eigenvalue weighted by atomic mass is 10.3. The molecule has 2 atom stereocenters. The molecular weight excluding hydrogens is 316 g/mol. The molecule has 1 heterocycles. The van der Waals surface area contributed by atoms with Crippen LogP contribution in [0.25, 0.3) is 0 Å². The normalized spacial score (nSPS) is 22.6. The number of piperazine rings is 1. The molecule has 2 unspecified atom stereocenters. The van der Waals surface area contributed by atoms with E-state index in [0.29, 0.717) is 0 Å². The summed E-state index contributed by atoms with van der Waals surface area (Å²) in [5, 5.41) is 19.2. The van der Waals surface area contributed by atoms with Crippen LogP contribution in [-0.4, -0.2) is 96.1 Å². The van der Waals surface area contributed by atoms with Gasteiger partial charge < -0.3 is 10.2 Å².